The lowest BCUT2D eigenvalue weighted by Gasteiger charge is -2.02. The van der Waals surface area contributed by atoms with Gasteiger partial charge in [0, 0.05) is 23.6 Å². The monoisotopic (exact) mass is 204 g/mol. The largest absolute Gasteiger partial charge is 0.352 e. The highest BCUT2D eigenvalue weighted by atomic mass is 16.1. The maximum absolute atomic E-state index is 11.5. The van der Waals surface area contributed by atoms with Crippen LogP contribution in [0.15, 0.2) is 29.4 Å². The third-order valence-electron chi connectivity index (χ3n) is 1.87. The smallest absolute Gasteiger partial charge is 0.251 e. The number of hydrogen-bond acceptors (Lipinski definition) is 2. The molecule has 0 aliphatic rings. The zero-order valence-corrected chi connectivity index (χ0v) is 8.47. The van der Waals surface area contributed by atoms with Gasteiger partial charge in [-0.15, -0.1) is 0 Å². The lowest BCUT2D eigenvalue weighted by molar-refractivity contribution is 0.0955. The normalized spacial score (nSPS) is 9.13. The fourth-order valence-electron chi connectivity index (χ4n) is 1.07. The number of aryl methyl sites for hydroxylation is 1. The average Bonchev–Trinajstić information content (AvgIpc) is 2.25. The van der Waals surface area contributed by atoms with Crippen molar-refractivity contribution in [1.29, 1.82) is 0 Å². The van der Waals surface area contributed by atoms with Crippen LogP contribution in [-0.2, 0) is 0 Å². The van der Waals surface area contributed by atoms with Crippen molar-refractivity contribution >= 4 is 5.91 Å². The van der Waals surface area contributed by atoms with Crippen LogP contribution >= 0.6 is 0 Å². The van der Waals surface area contributed by atoms with Crippen molar-refractivity contribution in [3.8, 4) is 0 Å². The number of carbonyl (C=O) groups excluding carboxylic acids is 1. The van der Waals surface area contributed by atoms with Gasteiger partial charge in [0.05, 0.1) is 0 Å². The van der Waals surface area contributed by atoms with Crippen LogP contribution in [-0.4, -0.2) is 19.0 Å². The summed E-state index contributed by atoms with van der Waals surface area (Å²) in [4.78, 5) is 14.1. The van der Waals surface area contributed by atoms with Crippen molar-refractivity contribution in [1.82, 2.24) is 5.32 Å². The van der Waals surface area contributed by atoms with Gasteiger partial charge in [0.15, 0.2) is 0 Å². The lowest BCUT2D eigenvalue weighted by Crippen LogP contribution is -2.25. The van der Waals surface area contributed by atoms with E-state index in [2.05, 4.69) is 15.3 Å². The van der Waals surface area contributed by atoms with E-state index in [1.165, 1.54) is 0 Å². The number of hydrogen-bond donors (Lipinski definition) is 1. The van der Waals surface area contributed by atoms with Crippen LogP contribution in [0.1, 0.15) is 15.9 Å². The minimum atomic E-state index is -0.150. The fourth-order valence-corrected chi connectivity index (χ4v) is 1.07. The van der Waals surface area contributed by atoms with E-state index >= 15 is 0 Å². The molecule has 1 aromatic carbocycles. The molecule has 0 saturated heterocycles. The van der Waals surface area contributed by atoms with Crippen LogP contribution in [0.2, 0.25) is 0 Å². The molecular formula is C10H12N4O. The van der Waals surface area contributed by atoms with Gasteiger partial charge in [-0.05, 0) is 24.6 Å². The second kappa shape index (κ2) is 5.67. The zero-order valence-electron chi connectivity index (χ0n) is 8.47. The van der Waals surface area contributed by atoms with Crippen molar-refractivity contribution in [3.63, 3.8) is 0 Å². The van der Waals surface area contributed by atoms with Crippen molar-refractivity contribution < 1.29 is 4.79 Å². The van der Waals surface area contributed by atoms with Crippen LogP contribution in [0.4, 0.5) is 0 Å². The summed E-state index contributed by atoms with van der Waals surface area (Å²) in [6.45, 7) is 2.59. The summed E-state index contributed by atoms with van der Waals surface area (Å²) in [5.74, 6) is -0.150. The molecule has 5 heteroatoms. The summed E-state index contributed by atoms with van der Waals surface area (Å²) in [5, 5.41) is 5.97. The summed E-state index contributed by atoms with van der Waals surface area (Å²) >= 11 is 0. The van der Waals surface area contributed by atoms with Crippen molar-refractivity contribution in [2.24, 2.45) is 5.11 Å². The molecule has 0 unspecified atom stereocenters. The van der Waals surface area contributed by atoms with Gasteiger partial charge in [-0.1, -0.05) is 22.8 Å². The van der Waals surface area contributed by atoms with E-state index in [-0.39, 0.29) is 12.5 Å². The summed E-state index contributed by atoms with van der Waals surface area (Å²) < 4.78 is 0. The Labute approximate surface area is 87.7 Å². The van der Waals surface area contributed by atoms with Crippen molar-refractivity contribution in [3.05, 3.63) is 45.8 Å². The molecule has 1 rings (SSSR count). The first kappa shape index (κ1) is 11.1. The third-order valence-corrected chi connectivity index (χ3v) is 1.87. The number of nitrogens with one attached hydrogen (secondary N) is 1. The number of amides is 1. The molecule has 0 aliphatic heterocycles. The number of azide groups is 1. The molecule has 1 aromatic rings. The van der Waals surface area contributed by atoms with Gasteiger partial charge in [0.25, 0.3) is 5.91 Å². The van der Waals surface area contributed by atoms with Crippen LogP contribution in [0.5, 0.6) is 0 Å². The van der Waals surface area contributed by atoms with Gasteiger partial charge in [-0.25, -0.2) is 0 Å². The van der Waals surface area contributed by atoms with Gasteiger partial charge < -0.3 is 5.32 Å². The topological polar surface area (TPSA) is 77.9 Å². The standard InChI is InChI=1S/C10H12N4O/c1-8-2-4-9(5-3-8)10(15)12-6-7-13-14-11/h2-5H,6-7H2,1H3,(H,12,15). The summed E-state index contributed by atoms with van der Waals surface area (Å²) in [6.07, 6.45) is 0. The number of carbonyl (C=O) groups is 1. The SMILES string of the molecule is Cc1ccc(C(=O)NCCN=[N+]=[N-])cc1. The van der Waals surface area contributed by atoms with Crippen molar-refractivity contribution in [2.75, 3.05) is 13.1 Å². The van der Waals surface area contributed by atoms with Gasteiger partial charge >= 0.3 is 0 Å². The molecule has 5 nitrogen and oxygen atoms in total. The van der Waals surface area contributed by atoms with Crippen LogP contribution in [0.3, 0.4) is 0 Å². The predicted octanol–water partition coefficient (Wildman–Crippen LogP) is 2.04. The predicted molar refractivity (Wildman–Crippen MR) is 57.5 cm³/mol. The minimum absolute atomic E-state index is 0.150. The Bertz CT molecular complexity index is 379. The van der Waals surface area contributed by atoms with Gasteiger partial charge in [0.2, 0.25) is 0 Å². The summed E-state index contributed by atoms with van der Waals surface area (Å²) in [5.41, 5.74) is 9.75. The molecule has 0 bridgehead atoms. The van der Waals surface area contributed by atoms with E-state index in [1.807, 2.05) is 19.1 Å². The second-order valence-electron chi connectivity index (χ2n) is 3.08. The van der Waals surface area contributed by atoms with Gasteiger partial charge in [-0.2, -0.15) is 0 Å². The quantitative estimate of drug-likeness (QED) is 0.346. The van der Waals surface area contributed by atoms with E-state index in [0.29, 0.717) is 12.1 Å². The van der Waals surface area contributed by atoms with Gasteiger partial charge in [0.1, 0.15) is 0 Å². The Hall–Kier alpha value is -2.00. The van der Waals surface area contributed by atoms with E-state index in [1.54, 1.807) is 12.1 Å². The van der Waals surface area contributed by atoms with E-state index in [4.69, 9.17) is 5.53 Å². The molecule has 78 valence electrons. The molecule has 0 aliphatic carbocycles. The first-order valence-corrected chi connectivity index (χ1v) is 4.60. The van der Waals surface area contributed by atoms with Crippen LogP contribution in [0.25, 0.3) is 10.4 Å². The fraction of sp³-hybridized carbons (Fsp3) is 0.300. The zero-order chi connectivity index (χ0) is 11.1. The Morgan fingerprint density at radius 1 is 1.47 bits per heavy atom. The molecule has 0 heterocycles. The molecular weight excluding hydrogens is 192 g/mol. The molecule has 15 heavy (non-hydrogen) atoms. The Morgan fingerprint density at radius 3 is 2.73 bits per heavy atom. The Kier molecular flexibility index (Phi) is 4.19. The Balaban J connectivity index is 2.46. The molecule has 1 N–H and O–H groups in total. The van der Waals surface area contributed by atoms with E-state index in [0.717, 1.165) is 5.56 Å². The highest BCUT2D eigenvalue weighted by Gasteiger charge is 2.02. The van der Waals surface area contributed by atoms with E-state index in [9.17, 15) is 4.79 Å². The molecule has 0 radical (unpaired) electrons. The average molecular weight is 204 g/mol. The molecule has 0 spiro atoms. The first-order valence-electron chi connectivity index (χ1n) is 4.60. The molecule has 0 aromatic heterocycles. The Morgan fingerprint density at radius 2 is 2.13 bits per heavy atom. The van der Waals surface area contributed by atoms with E-state index < -0.39 is 0 Å². The maximum atomic E-state index is 11.5. The van der Waals surface area contributed by atoms with Crippen molar-refractivity contribution in [2.45, 2.75) is 6.92 Å². The molecule has 0 saturated carbocycles. The molecule has 1 amide bonds. The van der Waals surface area contributed by atoms with Gasteiger partial charge in [-0.3, -0.25) is 4.79 Å². The third kappa shape index (κ3) is 3.70. The lowest BCUT2D eigenvalue weighted by atomic mass is 10.1. The number of benzene rings is 1. The number of rotatable bonds is 4. The highest BCUT2D eigenvalue weighted by molar-refractivity contribution is 5.94. The molecule has 0 fully saturated rings. The maximum Gasteiger partial charge on any atom is 0.251 e. The number of nitrogens with zero attached hydrogens (tertiary/aromatic N) is 3. The minimum Gasteiger partial charge on any atom is -0.352 e. The highest BCUT2D eigenvalue weighted by Crippen LogP contribution is 2.02. The van der Waals surface area contributed by atoms with Crippen LogP contribution < -0.4 is 5.32 Å². The first-order chi connectivity index (χ1) is 7.24. The summed E-state index contributed by atoms with van der Waals surface area (Å²) in [7, 11) is 0. The second-order valence-corrected chi connectivity index (χ2v) is 3.08. The van der Waals surface area contributed by atoms with Crippen LogP contribution in [0, 0.1) is 6.92 Å². The molecule has 0 atom stereocenters. The summed E-state index contributed by atoms with van der Waals surface area (Å²) in [6, 6.07) is 7.28.